The highest BCUT2D eigenvalue weighted by Crippen LogP contribution is 2.33. The van der Waals surface area contributed by atoms with Gasteiger partial charge in [0.15, 0.2) is 0 Å². The smallest absolute Gasteiger partial charge is 0.418 e. The van der Waals surface area contributed by atoms with Gasteiger partial charge in [-0.2, -0.15) is 0 Å². The van der Waals surface area contributed by atoms with Crippen LogP contribution in [0.3, 0.4) is 0 Å². The van der Waals surface area contributed by atoms with Gasteiger partial charge in [0.25, 0.3) is 0 Å². The zero-order valence-electron chi connectivity index (χ0n) is 24.4. The molecule has 0 atom stereocenters. The van der Waals surface area contributed by atoms with Crippen LogP contribution in [0.2, 0.25) is 0 Å². The van der Waals surface area contributed by atoms with Crippen LogP contribution < -0.4 is 0 Å². The molecule has 4 aromatic rings. The second-order valence-electron chi connectivity index (χ2n) is 10.5. The topological polar surface area (TPSA) is 11.3 Å². The van der Waals surface area contributed by atoms with E-state index in [0.717, 1.165) is 41.9 Å². The lowest BCUT2D eigenvalue weighted by molar-refractivity contribution is 0.368. The maximum absolute atomic E-state index is 9.75. The average molecular weight is 565 g/mol. The van der Waals surface area contributed by atoms with Crippen LogP contribution in [0.5, 0.6) is 0 Å². The Balaban J connectivity index is 0.000000850. The van der Waals surface area contributed by atoms with Crippen molar-refractivity contribution in [3.63, 3.8) is 0 Å². The summed E-state index contributed by atoms with van der Waals surface area (Å²) in [5.74, 6) is 1.82. The molecule has 6 heteroatoms. The first-order chi connectivity index (χ1) is 19.7. The molecule has 0 bridgehead atoms. The van der Waals surface area contributed by atoms with Gasteiger partial charge in [0.2, 0.25) is 0 Å². The van der Waals surface area contributed by atoms with Crippen molar-refractivity contribution in [3.8, 4) is 33.8 Å². The van der Waals surface area contributed by atoms with Gasteiger partial charge in [0.05, 0.1) is 23.3 Å². The summed E-state index contributed by atoms with van der Waals surface area (Å²) < 4.78 is 45.5. The first-order valence-electron chi connectivity index (χ1n) is 14.8. The summed E-state index contributed by atoms with van der Waals surface area (Å²) in [6, 6.07) is 31.3. The van der Waals surface area contributed by atoms with Gasteiger partial charge in [0.1, 0.15) is 0 Å². The fraction of sp³-hybridized carbons (Fsp3) is 0.343. The van der Waals surface area contributed by atoms with E-state index in [1.54, 1.807) is 0 Å². The monoisotopic (exact) mass is 564 g/mol. The Morgan fingerprint density at radius 3 is 1.05 bits per heavy atom. The molecule has 0 aliphatic rings. The van der Waals surface area contributed by atoms with E-state index in [2.05, 4.69) is 106 Å². The number of unbranched alkanes of at least 4 members (excludes halogenated alkanes) is 3. The van der Waals surface area contributed by atoms with Gasteiger partial charge in [-0.05, 0) is 85.0 Å². The van der Waals surface area contributed by atoms with Crippen LogP contribution >= 0.6 is 0 Å². The van der Waals surface area contributed by atoms with Gasteiger partial charge in [-0.1, -0.05) is 88.6 Å². The highest BCUT2D eigenvalue weighted by molar-refractivity contribution is 6.50. The Bertz CT molecular complexity index is 1140. The molecule has 0 spiro atoms. The highest BCUT2D eigenvalue weighted by atomic mass is 19.5. The van der Waals surface area contributed by atoms with E-state index in [9.17, 15) is 17.3 Å². The van der Waals surface area contributed by atoms with Crippen molar-refractivity contribution in [1.82, 2.24) is 0 Å². The van der Waals surface area contributed by atoms with Crippen molar-refractivity contribution in [2.45, 2.75) is 78.6 Å². The third-order valence-electron chi connectivity index (χ3n) is 7.01. The fourth-order valence-electron chi connectivity index (χ4n) is 4.63. The lowest BCUT2D eigenvalue weighted by Crippen LogP contribution is -2.02. The quantitative estimate of drug-likeness (QED) is 0.0946. The van der Waals surface area contributed by atoms with E-state index in [-0.39, 0.29) is 0 Å². The summed E-state index contributed by atoms with van der Waals surface area (Å²) in [4.78, 5) is 0. The third-order valence-corrected chi connectivity index (χ3v) is 7.01. The summed E-state index contributed by atoms with van der Waals surface area (Å²) in [5, 5.41) is 0. The van der Waals surface area contributed by atoms with Gasteiger partial charge in [-0.15, -0.1) is 0 Å². The molecule has 218 valence electrons. The van der Waals surface area contributed by atoms with Crippen molar-refractivity contribution >= 4 is 7.25 Å². The zero-order chi connectivity index (χ0) is 29.7. The number of rotatable bonds is 12. The molecule has 0 amide bonds. The van der Waals surface area contributed by atoms with Crippen molar-refractivity contribution in [2.24, 2.45) is 0 Å². The van der Waals surface area contributed by atoms with Crippen LogP contribution in [0.15, 0.2) is 89.3 Å². The van der Waals surface area contributed by atoms with Gasteiger partial charge >= 0.3 is 18.8 Å². The normalized spacial score (nSPS) is 11.2. The minimum absolute atomic E-state index is 0.912. The molecule has 0 saturated heterocycles. The Kier molecular flexibility index (Phi) is 12.6. The second-order valence-corrected chi connectivity index (χ2v) is 10.5. The van der Waals surface area contributed by atoms with Crippen LogP contribution in [-0.2, 0) is 19.3 Å². The Labute approximate surface area is 242 Å². The molecule has 0 aliphatic heterocycles. The SMILES string of the molecule is CCCCc1ccc(-c2cc(-c3ccc(CCCC)cc3)[o+]c(-c3ccc(CCCC)cc3)c2)cc1.F[B-](F)(F)F. The third kappa shape index (κ3) is 11.2. The molecule has 41 heavy (non-hydrogen) atoms. The van der Waals surface area contributed by atoms with E-state index in [4.69, 9.17) is 4.42 Å². The van der Waals surface area contributed by atoms with Gasteiger partial charge < -0.3 is 17.3 Å². The first-order valence-corrected chi connectivity index (χ1v) is 14.8. The number of aryl methyl sites for hydroxylation is 3. The van der Waals surface area contributed by atoms with E-state index in [1.165, 1.54) is 66.3 Å². The van der Waals surface area contributed by atoms with Gasteiger partial charge in [-0.25, -0.2) is 4.42 Å². The van der Waals surface area contributed by atoms with E-state index in [1.807, 2.05) is 0 Å². The maximum Gasteiger partial charge on any atom is 0.673 e. The molecule has 0 unspecified atom stereocenters. The molecule has 0 aliphatic carbocycles. The molecule has 0 saturated carbocycles. The van der Waals surface area contributed by atoms with Crippen LogP contribution in [0.1, 0.15) is 76.0 Å². The molecule has 1 aromatic heterocycles. The number of halogens is 4. The molecule has 1 heterocycles. The summed E-state index contributed by atoms with van der Waals surface area (Å²) in [5.41, 5.74) is 8.86. The predicted molar refractivity (Wildman–Crippen MR) is 165 cm³/mol. The number of benzene rings is 3. The molecule has 0 N–H and O–H groups in total. The Hall–Kier alpha value is -3.41. The zero-order valence-corrected chi connectivity index (χ0v) is 24.4. The standard InChI is InChI=1S/C35H41O.BF4/c1-4-7-10-27-13-19-30(20-14-27)33-25-34(31-21-15-28(16-22-31)11-8-5-2)36-35(26-33)32-23-17-29(18-24-32)12-9-6-3;2-1(3,4)5/h13-26H,4-12H2,1-3H3;/q+1;-1. The predicted octanol–water partition coefficient (Wildman–Crippen LogP) is 11.9. The first kappa shape index (κ1) is 32.1. The summed E-state index contributed by atoms with van der Waals surface area (Å²) in [7, 11) is -6.00. The molecule has 3 aromatic carbocycles. The minimum Gasteiger partial charge on any atom is -0.418 e. The van der Waals surface area contributed by atoms with Crippen LogP contribution in [-0.4, -0.2) is 7.25 Å². The lowest BCUT2D eigenvalue weighted by Gasteiger charge is -2.06. The van der Waals surface area contributed by atoms with Crippen molar-refractivity contribution in [1.29, 1.82) is 0 Å². The average Bonchev–Trinajstić information content (AvgIpc) is 2.97. The highest BCUT2D eigenvalue weighted by Gasteiger charge is 2.21. The second kappa shape index (κ2) is 16.1. The van der Waals surface area contributed by atoms with Crippen LogP contribution in [0.4, 0.5) is 17.3 Å². The Morgan fingerprint density at radius 1 is 0.463 bits per heavy atom. The molecule has 0 fully saturated rings. The molecule has 1 nitrogen and oxygen atoms in total. The minimum atomic E-state index is -6.00. The van der Waals surface area contributed by atoms with Gasteiger partial charge in [0, 0.05) is 5.56 Å². The fourth-order valence-corrected chi connectivity index (χ4v) is 4.63. The number of hydrogen-bond donors (Lipinski definition) is 0. The molecular weight excluding hydrogens is 523 g/mol. The van der Waals surface area contributed by atoms with E-state index < -0.39 is 7.25 Å². The van der Waals surface area contributed by atoms with E-state index >= 15 is 0 Å². The Morgan fingerprint density at radius 2 is 0.756 bits per heavy atom. The van der Waals surface area contributed by atoms with Gasteiger partial charge in [-0.3, -0.25) is 0 Å². The molecule has 0 radical (unpaired) electrons. The number of hydrogen-bond acceptors (Lipinski definition) is 0. The van der Waals surface area contributed by atoms with E-state index in [0.29, 0.717) is 0 Å². The van der Waals surface area contributed by atoms with Crippen molar-refractivity contribution in [3.05, 3.63) is 102 Å². The maximum atomic E-state index is 9.75. The summed E-state index contributed by atoms with van der Waals surface area (Å²) in [6.07, 6.45) is 10.8. The van der Waals surface area contributed by atoms with Crippen molar-refractivity contribution in [2.75, 3.05) is 0 Å². The molecule has 4 rings (SSSR count). The molecular formula is C35H41BF4O. The summed E-state index contributed by atoms with van der Waals surface area (Å²) >= 11 is 0. The van der Waals surface area contributed by atoms with Crippen LogP contribution in [0, 0.1) is 0 Å². The van der Waals surface area contributed by atoms with Crippen molar-refractivity contribution < 1.29 is 21.7 Å². The largest absolute Gasteiger partial charge is 0.673 e. The van der Waals surface area contributed by atoms with Crippen LogP contribution in [0.25, 0.3) is 33.8 Å². The summed E-state index contributed by atoms with van der Waals surface area (Å²) in [6.45, 7) is 6.73. The lowest BCUT2D eigenvalue weighted by atomic mass is 9.98.